The molecule has 2 saturated carbocycles. The standard InChI is InChI=1S/C20H23ClF3N3O3/c21-14-5-15(16(17(25)28)26-7-14)30-10-19-6-13(19)8-27(9-19)18(29)11-1-3-12(4-2-11)20(22,23)24/h5,7,11-13H,1-4,6,8-10H2,(H2,25,28)/t11-,12-,13?,19?. The van der Waals surface area contributed by atoms with Gasteiger partial charge in [0.05, 0.1) is 17.5 Å². The third-order valence-electron chi connectivity index (χ3n) is 6.72. The molecule has 2 amide bonds. The average molecular weight is 446 g/mol. The van der Waals surface area contributed by atoms with Crippen molar-refractivity contribution < 1.29 is 27.5 Å². The Bertz CT molecular complexity index is 857. The van der Waals surface area contributed by atoms with Crippen molar-refractivity contribution in [3.8, 4) is 5.75 Å². The number of amides is 2. The van der Waals surface area contributed by atoms with E-state index in [4.69, 9.17) is 22.1 Å². The molecule has 2 aliphatic carbocycles. The summed E-state index contributed by atoms with van der Waals surface area (Å²) in [5, 5.41) is 0.317. The van der Waals surface area contributed by atoms with Crippen LogP contribution in [0.1, 0.15) is 42.6 Å². The van der Waals surface area contributed by atoms with Gasteiger partial charge in [-0.1, -0.05) is 11.6 Å². The maximum absolute atomic E-state index is 12.9. The number of rotatable bonds is 5. The van der Waals surface area contributed by atoms with Gasteiger partial charge in [-0.15, -0.1) is 0 Å². The number of piperidine rings is 1. The van der Waals surface area contributed by atoms with Crippen LogP contribution < -0.4 is 10.5 Å². The van der Waals surface area contributed by atoms with Gasteiger partial charge in [0.25, 0.3) is 5.91 Å². The fourth-order valence-electron chi connectivity index (χ4n) is 4.85. The van der Waals surface area contributed by atoms with Crippen LogP contribution in [-0.2, 0) is 4.79 Å². The number of carbonyl (C=O) groups excluding carboxylic acids is 2. The minimum atomic E-state index is -4.18. The van der Waals surface area contributed by atoms with Gasteiger partial charge in [-0.05, 0) is 38.0 Å². The third kappa shape index (κ3) is 4.08. The van der Waals surface area contributed by atoms with Crippen LogP contribution >= 0.6 is 11.6 Å². The van der Waals surface area contributed by atoms with E-state index >= 15 is 0 Å². The SMILES string of the molecule is NC(=O)c1ncc(Cl)cc1OCC12CC1CN(C(=O)[C@H]1CC[C@H](C(F)(F)F)CC1)C2. The summed E-state index contributed by atoms with van der Waals surface area (Å²) in [5.41, 5.74) is 5.13. The van der Waals surface area contributed by atoms with Crippen LogP contribution in [0.2, 0.25) is 5.02 Å². The molecule has 164 valence electrons. The highest BCUT2D eigenvalue weighted by atomic mass is 35.5. The van der Waals surface area contributed by atoms with Gasteiger partial charge in [0.15, 0.2) is 11.4 Å². The average Bonchev–Trinajstić information content (AvgIpc) is 3.25. The molecule has 30 heavy (non-hydrogen) atoms. The number of hydrogen-bond acceptors (Lipinski definition) is 4. The molecule has 2 heterocycles. The zero-order valence-corrected chi connectivity index (χ0v) is 17.0. The largest absolute Gasteiger partial charge is 0.490 e. The normalized spacial score (nSPS) is 30.7. The van der Waals surface area contributed by atoms with Crippen molar-refractivity contribution in [2.24, 2.45) is 28.9 Å². The molecular weight excluding hydrogens is 423 g/mol. The summed E-state index contributed by atoms with van der Waals surface area (Å²) in [6, 6.07) is 1.49. The number of fused-ring (bicyclic) bond motifs is 1. The van der Waals surface area contributed by atoms with Crippen LogP contribution in [0, 0.1) is 23.2 Å². The summed E-state index contributed by atoms with van der Waals surface area (Å²) < 4.78 is 44.4. The van der Waals surface area contributed by atoms with E-state index in [1.165, 1.54) is 12.3 Å². The molecule has 1 aromatic heterocycles. The molecule has 3 aliphatic rings. The highest BCUT2D eigenvalue weighted by Gasteiger charge is 2.61. The van der Waals surface area contributed by atoms with Crippen molar-refractivity contribution in [1.29, 1.82) is 0 Å². The van der Waals surface area contributed by atoms with Crippen molar-refractivity contribution in [1.82, 2.24) is 9.88 Å². The summed E-state index contributed by atoms with van der Waals surface area (Å²) in [4.78, 5) is 30.1. The molecule has 0 spiro atoms. The zero-order chi connectivity index (χ0) is 21.7. The monoisotopic (exact) mass is 445 g/mol. The lowest BCUT2D eigenvalue weighted by atomic mass is 9.81. The molecule has 2 atom stereocenters. The van der Waals surface area contributed by atoms with E-state index < -0.39 is 18.0 Å². The first-order valence-electron chi connectivity index (χ1n) is 10.0. The molecule has 10 heteroatoms. The lowest BCUT2D eigenvalue weighted by Crippen LogP contribution is -2.40. The quantitative estimate of drug-likeness (QED) is 0.752. The molecule has 3 fully saturated rings. The van der Waals surface area contributed by atoms with Gasteiger partial charge in [0, 0.05) is 36.7 Å². The Labute approximate surface area is 176 Å². The van der Waals surface area contributed by atoms with Gasteiger partial charge in [-0.25, -0.2) is 4.98 Å². The van der Waals surface area contributed by atoms with Gasteiger partial charge in [-0.3, -0.25) is 9.59 Å². The molecule has 1 saturated heterocycles. The topological polar surface area (TPSA) is 85.5 Å². The molecule has 0 radical (unpaired) electrons. The second kappa shape index (κ2) is 7.59. The van der Waals surface area contributed by atoms with Crippen LogP contribution in [0.4, 0.5) is 13.2 Å². The van der Waals surface area contributed by atoms with E-state index in [1.807, 2.05) is 0 Å². The molecular formula is C20H23ClF3N3O3. The fourth-order valence-corrected chi connectivity index (χ4v) is 5.00. The van der Waals surface area contributed by atoms with Crippen LogP contribution in [-0.4, -0.2) is 47.6 Å². The smallest absolute Gasteiger partial charge is 0.391 e. The van der Waals surface area contributed by atoms with Gasteiger partial charge < -0.3 is 15.4 Å². The van der Waals surface area contributed by atoms with Gasteiger partial charge in [0.1, 0.15) is 0 Å². The molecule has 1 aliphatic heterocycles. The van der Waals surface area contributed by atoms with Crippen LogP contribution in [0.3, 0.4) is 0 Å². The minimum Gasteiger partial charge on any atom is -0.490 e. The Morgan fingerprint density at radius 3 is 2.63 bits per heavy atom. The maximum atomic E-state index is 12.9. The molecule has 6 nitrogen and oxygen atoms in total. The Morgan fingerprint density at radius 1 is 1.30 bits per heavy atom. The van der Waals surface area contributed by atoms with Crippen molar-refractivity contribution in [2.45, 2.75) is 38.3 Å². The van der Waals surface area contributed by atoms with E-state index in [0.29, 0.717) is 24.7 Å². The lowest BCUT2D eigenvalue weighted by Gasteiger charge is -2.32. The number of hydrogen-bond donors (Lipinski definition) is 1. The number of alkyl halides is 3. The van der Waals surface area contributed by atoms with Crippen LogP contribution in [0.5, 0.6) is 5.75 Å². The fraction of sp³-hybridized carbons (Fsp3) is 0.650. The number of nitrogens with zero attached hydrogens (tertiary/aromatic N) is 2. The molecule has 2 unspecified atom stereocenters. The predicted octanol–water partition coefficient (Wildman–Crippen LogP) is 3.43. The number of halogens is 4. The predicted molar refractivity (Wildman–Crippen MR) is 102 cm³/mol. The Balaban J connectivity index is 1.34. The Kier molecular flexibility index (Phi) is 5.36. The molecule has 0 aromatic carbocycles. The maximum Gasteiger partial charge on any atom is 0.391 e. The van der Waals surface area contributed by atoms with Gasteiger partial charge in [-0.2, -0.15) is 13.2 Å². The van der Waals surface area contributed by atoms with E-state index in [0.717, 1.165) is 6.42 Å². The number of carbonyl (C=O) groups is 2. The first kappa shape index (κ1) is 21.2. The second-order valence-corrected chi connectivity index (χ2v) is 9.16. The number of pyridine rings is 1. The molecule has 4 rings (SSSR count). The first-order chi connectivity index (χ1) is 14.1. The van der Waals surface area contributed by atoms with Crippen molar-refractivity contribution >= 4 is 23.4 Å². The van der Waals surface area contributed by atoms with Gasteiger partial charge in [0.2, 0.25) is 5.91 Å². The summed E-state index contributed by atoms with van der Waals surface area (Å²) in [6.45, 7) is 1.40. The second-order valence-electron chi connectivity index (χ2n) is 8.73. The number of primary amides is 1. The Hall–Kier alpha value is -2.03. The van der Waals surface area contributed by atoms with E-state index in [1.54, 1.807) is 4.90 Å². The van der Waals surface area contributed by atoms with Crippen molar-refractivity contribution in [2.75, 3.05) is 19.7 Å². The number of aromatic nitrogens is 1. The third-order valence-corrected chi connectivity index (χ3v) is 6.93. The van der Waals surface area contributed by atoms with Crippen LogP contribution in [0.15, 0.2) is 12.3 Å². The summed E-state index contributed by atoms with van der Waals surface area (Å²) in [6.07, 6.45) is -1.36. The van der Waals surface area contributed by atoms with Crippen LogP contribution in [0.25, 0.3) is 0 Å². The summed E-state index contributed by atoms with van der Waals surface area (Å²) in [5.74, 6) is -1.90. The van der Waals surface area contributed by atoms with Crippen molar-refractivity contribution in [3.63, 3.8) is 0 Å². The Morgan fingerprint density at radius 2 is 2.00 bits per heavy atom. The first-order valence-corrected chi connectivity index (χ1v) is 10.4. The van der Waals surface area contributed by atoms with Crippen molar-refractivity contribution in [3.05, 3.63) is 23.0 Å². The number of nitrogens with two attached hydrogens (primary N) is 1. The highest BCUT2D eigenvalue weighted by molar-refractivity contribution is 6.30. The molecule has 1 aromatic rings. The number of ether oxygens (including phenoxy) is 1. The van der Waals surface area contributed by atoms with E-state index in [2.05, 4.69) is 4.98 Å². The molecule has 0 bridgehead atoms. The summed E-state index contributed by atoms with van der Waals surface area (Å²) >= 11 is 5.93. The molecule has 2 N–H and O–H groups in total. The minimum absolute atomic E-state index is 0.000328. The lowest BCUT2D eigenvalue weighted by molar-refractivity contribution is -0.185. The number of likely N-dealkylation sites (tertiary alicyclic amines) is 1. The summed E-state index contributed by atoms with van der Waals surface area (Å²) in [7, 11) is 0. The zero-order valence-electron chi connectivity index (χ0n) is 16.3. The van der Waals surface area contributed by atoms with E-state index in [-0.39, 0.29) is 60.3 Å². The highest BCUT2D eigenvalue weighted by Crippen LogP contribution is 2.58. The van der Waals surface area contributed by atoms with E-state index in [9.17, 15) is 22.8 Å². The van der Waals surface area contributed by atoms with Gasteiger partial charge >= 0.3 is 6.18 Å².